The molecule has 1 saturated heterocycles. The van der Waals surface area contributed by atoms with Crippen molar-refractivity contribution >= 4 is 5.91 Å². The van der Waals surface area contributed by atoms with Crippen molar-refractivity contribution in [2.45, 2.75) is 32.4 Å². The van der Waals surface area contributed by atoms with E-state index in [2.05, 4.69) is 24.1 Å². The molecule has 0 aromatic rings. The van der Waals surface area contributed by atoms with Crippen molar-refractivity contribution in [1.82, 2.24) is 10.2 Å². The minimum absolute atomic E-state index is 0.124. The van der Waals surface area contributed by atoms with Crippen molar-refractivity contribution < 1.29 is 4.79 Å². The van der Waals surface area contributed by atoms with Crippen LogP contribution in [0.3, 0.4) is 0 Å². The van der Waals surface area contributed by atoms with Gasteiger partial charge >= 0.3 is 0 Å². The number of nitrogens with two attached hydrogens (primary N) is 1. The van der Waals surface area contributed by atoms with Gasteiger partial charge in [0.05, 0.1) is 6.54 Å². The first-order chi connectivity index (χ1) is 6.13. The van der Waals surface area contributed by atoms with E-state index in [0.29, 0.717) is 19.1 Å². The summed E-state index contributed by atoms with van der Waals surface area (Å²) in [7, 11) is 0. The molecule has 0 saturated carbocycles. The smallest absolute Gasteiger partial charge is 0.234 e. The molecule has 1 heterocycles. The largest absolute Gasteiger partial charge is 0.351 e. The third kappa shape index (κ3) is 2.97. The summed E-state index contributed by atoms with van der Waals surface area (Å²) in [6.45, 7) is 6.31. The van der Waals surface area contributed by atoms with E-state index < -0.39 is 0 Å². The number of rotatable bonds is 3. The predicted octanol–water partition coefficient (Wildman–Crippen LogP) is -0.456. The zero-order valence-corrected chi connectivity index (χ0v) is 8.42. The molecule has 1 aliphatic rings. The molecular formula is C9H19N3O. The quantitative estimate of drug-likeness (QED) is 0.626. The third-order valence-electron chi connectivity index (χ3n) is 2.41. The number of nitrogens with one attached hydrogen (secondary N) is 1. The Morgan fingerprint density at radius 3 is 2.92 bits per heavy atom. The van der Waals surface area contributed by atoms with Gasteiger partial charge in [-0.1, -0.05) is 0 Å². The lowest BCUT2D eigenvalue weighted by atomic mass is 10.1. The van der Waals surface area contributed by atoms with Crippen molar-refractivity contribution in [3.05, 3.63) is 0 Å². The van der Waals surface area contributed by atoms with Gasteiger partial charge in [0.1, 0.15) is 0 Å². The van der Waals surface area contributed by atoms with Gasteiger partial charge in [-0.2, -0.15) is 0 Å². The van der Waals surface area contributed by atoms with E-state index in [-0.39, 0.29) is 11.9 Å². The van der Waals surface area contributed by atoms with Crippen molar-refractivity contribution in [3.63, 3.8) is 0 Å². The maximum Gasteiger partial charge on any atom is 0.234 e. The monoisotopic (exact) mass is 185 g/mol. The van der Waals surface area contributed by atoms with Crippen molar-refractivity contribution in [2.75, 3.05) is 19.6 Å². The highest BCUT2D eigenvalue weighted by molar-refractivity contribution is 5.79. The first kappa shape index (κ1) is 10.5. The SMILES string of the molecule is CC(C)N1CC(=O)NC(CCN)C1. The minimum Gasteiger partial charge on any atom is -0.351 e. The molecule has 3 N–H and O–H groups in total. The topological polar surface area (TPSA) is 58.4 Å². The van der Waals surface area contributed by atoms with Crippen LogP contribution in [0.2, 0.25) is 0 Å². The van der Waals surface area contributed by atoms with Crippen molar-refractivity contribution in [3.8, 4) is 0 Å². The number of hydrogen-bond acceptors (Lipinski definition) is 3. The Morgan fingerprint density at radius 2 is 2.38 bits per heavy atom. The molecule has 4 heteroatoms. The van der Waals surface area contributed by atoms with Crippen LogP contribution in [0.15, 0.2) is 0 Å². The molecular weight excluding hydrogens is 166 g/mol. The lowest BCUT2D eigenvalue weighted by Gasteiger charge is -2.35. The van der Waals surface area contributed by atoms with Crippen LogP contribution in [0.25, 0.3) is 0 Å². The van der Waals surface area contributed by atoms with Crippen LogP contribution in [-0.4, -0.2) is 42.5 Å². The fraction of sp³-hybridized carbons (Fsp3) is 0.889. The third-order valence-corrected chi connectivity index (χ3v) is 2.41. The Hall–Kier alpha value is -0.610. The van der Waals surface area contributed by atoms with E-state index in [1.807, 2.05) is 0 Å². The Labute approximate surface area is 79.5 Å². The number of hydrogen-bond donors (Lipinski definition) is 2. The Bertz CT molecular complexity index is 182. The molecule has 1 fully saturated rings. The van der Waals surface area contributed by atoms with Crippen LogP contribution in [0.4, 0.5) is 0 Å². The predicted molar refractivity (Wildman–Crippen MR) is 52.3 cm³/mol. The summed E-state index contributed by atoms with van der Waals surface area (Å²) < 4.78 is 0. The molecule has 0 aromatic heterocycles. The highest BCUT2D eigenvalue weighted by Gasteiger charge is 2.25. The Morgan fingerprint density at radius 1 is 1.69 bits per heavy atom. The Kier molecular flexibility index (Phi) is 3.69. The number of piperazine rings is 1. The molecule has 1 rings (SSSR count). The summed E-state index contributed by atoms with van der Waals surface area (Å²) in [5.74, 6) is 0.124. The average Bonchev–Trinajstić information content (AvgIpc) is 2.03. The van der Waals surface area contributed by atoms with E-state index in [4.69, 9.17) is 5.73 Å². The number of nitrogens with zero attached hydrogens (tertiary/aromatic N) is 1. The van der Waals surface area contributed by atoms with Gasteiger partial charge in [-0.25, -0.2) is 0 Å². The molecule has 4 nitrogen and oxygen atoms in total. The standard InChI is InChI=1S/C9H19N3O/c1-7(2)12-5-8(3-4-10)11-9(13)6-12/h7-8H,3-6,10H2,1-2H3,(H,11,13). The molecule has 1 aliphatic heterocycles. The normalized spacial score (nSPS) is 24.9. The van der Waals surface area contributed by atoms with Crippen LogP contribution in [0.5, 0.6) is 0 Å². The van der Waals surface area contributed by atoms with Crippen LogP contribution >= 0.6 is 0 Å². The summed E-state index contributed by atoms with van der Waals surface area (Å²) in [5.41, 5.74) is 5.46. The van der Waals surface area contributed by atoms with Crippen LogP contribution in [-0.2, 0) is 4.79 Å². The molecule has 0 aliphatic carbocycles. The summed E-state index contributed by atoms with van der Waals surface area (Å²) in [5, 5.41) is 2.94. The lowest BCUT2D eigenvalue weighted by Crippen LogP contribution is -2.56. The Balaban J connectivity index is 2.47. The summed E-state index contributed by atoms with van der Waals surface area (Å²) in [6.07, 6.45) is 0.870. The molecule has 1 unspecified atom stereocenters. The molecule has 1 amide bonds. The van der Waals surface area contributed by atoms with Crippen LogP contribution < -0.4 is 11.1 Å². The highest BCUT2D eigenvalue weighted by atomic mass is 16.2. The minimum atomic E-state index is 0.124. The van der Waals surface area contributed by atoms with Gasteiger partial charge in [0, 0.05) is 18.6 Å². The molecule has 0 spiro atoms. The second kappa shape index (κ2) is 4.58. The number of carbonyl (C=O) groups is 1. The highest BCUT2D eigenvalue weighted by Crippen LogP contribution is 2.06. The van der Waals surface area contributed by atoms with Crippen LogP contribution in [0.1, 0.15) is 20.3 Å². The van der Waals surface area contributed by atoms with Gasteiger partial charge in [-0.05, 0) is 26.8 Å². The molecule has 0 radical (unpaired) electrons. The maximum atomic E-state index is 11.3. The van der Waals surface area contributed by atoms with Crippen LogP contribution in [0, 0.1) is 0 Å². The van der Waals surface area contributed by atoms with Gasteiger partial charge in [-0.3, -0.25) is 9.69 Å². The molecule has 0 aromatic carbocycles. The summed E-state index contributed by atoms with van der Waals surface area (Å²) >= 11 is 0. The second-order valence-corrected chi connectivity index (χ2v) is 3.86. The van der Waals surface area contributed by atoms with Gasteiger partial charge in [-0.15, -0.1) is 0 Å². The fourth-order valence-electron chi connectivity index (χ4n) is 1.61. The first-order valence-corrected chi connectivity index (χ1v) is 4.87. The summed E-state index contributed by atoms with van der Waals surface area (Å²) in [4.78, 5) is 13.4. The van der Waals surface area contributed by atoms with E-state index in [1.165, 1.54) is 0 Å². The zero-order valence-electron chi connectivity index (χ0n) is 8.42. The first-order valence-electron chi connectivity index (χ1n) is 4.87. The van der Waals surface area contributed by atoms with E-state index in [1.54, 1.807) is 0 Å². The van der Waals surface area contributed by atoms with Gasteiger partial charge < -0.3 is 11.1 Å². The second-order valence-electron chi connectivity index (χ2n) is 3.86. The molecule has 76 valence electrons. The fourth-order valence-corrected chi connectivity index (χ4v) is 1.61. The maximum absolute atomic E-state index is 11.3. The number of carbonyl (C=O) groups excluding carboxylic acids is 1. The lowest BCUT2D eigenvalue weighted by molar-refractivity contribution is -0.126. The zero-order chi connectivity index (χ0) is 9.84. The summed E-state index contributed by atoms with van der Waals surface area (Å²) in [6, 6.07) is 0.681. The molecule has 0 bridgehead atoms. The number of amides is 1. The van der Waals surface area contributed by atoms with E-state index in [9.17, 15) is 4.79 Å². The van der Waals surface area contributed by atoms with Gasteiger partial charge in [0.2, 0.25) is 5.91 Å². The van der Waals surface area contributed by atoms with Gasteiger partial charge in [0.15, 0.2) is 0 Å². The average molecular weight is 185 g/mol. The molecule has 13 heavy (non-hydrogen) atoms. The van der Waals surface area contributed by atoms with E-state index >= 15 is 0 Å². The van der Waals surface area contributed by atoms with Crippen molar-refractivity contribution in [1.29, 1.82) is 0 Å². The molecule has 1 atom stereocenters. The van der Waals surface area contributed by atoms with E-state index in [0.717, 1.165) is 13.0 Å². The van der Waals surface area contributed by atoms with Crippen molar-refractivity contribution in [2.24, 2.45) is 5.73 Å². The van der Waals surface area contributed by atoms with Gasteiger partial charge in [0.25, 0.3) is 0 Å².